The second kappa shape index (κ2) is 4.42. The zero-order valence-corrected chi connectivity index (χ0v) is 10.1. The normalized spacial score (nSPS) is 17.8. The van der Waals surface area contributed by atoms with Crippen LogP contribution in [-0.4, -0.2) is 11.0 Å². The Morgan fingerprint density at radius 2 is 1.94 bits per heavy atom. The molecule has 0 spiro atoms. The van der Waals surface area contributed by atoms with Gasteiger partial charge in [-0.2, -0.15) is 0 Å². The lowest BCUT2D eigenvalue weighted by Crippen LogP contribution is -2.21. The van der Waals surface area contributed by atoms with E-state index in [9.17, 15) is 0 Å². The highest BCUT2D eigenvalue weighted by atomic mass is 32.1. The van der Waals surface area contributed by atoms with Crippen molar-refractivity contribution in [2.75, 3.05) is 5.32 Å². The number of nitrogens with one attached hydrogen (secondary N) is 1. The van der Waals surface area contributed by atoms with E-state index in [4.69, 9.17) is 0 Å². The van der Waals surface area contributed by atoms with Crippen LogP contribution in [0.25, 0.3) is 10.2 Å². The van der Waals surface area contributed by atoms with Gasteiger partial charge in [0.25, 0.3) is 0 Å². The third-order valence-corrected chi connectivity index (χ3v) is 4.19. The Balaban J connectivity index is 1.78. The molecule has 2 aromatic rings. The molecule has 0 amide bonds. The van der Waals surface area contributed by atoms with E-state index in [1.54, 1.807) is 11.3 Å². The fourth-order valence-electron chi connectivity index (χ4n) is 2.36. The summed E-state index contributed by atoms with van der Waals surface area (Å²) in [6.45, 7) is 0. The molecule has 1 aliphatic rings. The molecule has 0 atom stereocenters. The first-order valence-electron chi connectivity index (χ1n) is 6.04. The summed E-state index contributed by atoms with van der Waals surface area (Å²) in [4.78, 5) is 4.61. The van der Waals surface area contributed by atoms with Crippen molar-refractivity contribution in [2.45, 2.75) is 38.1 Å². The molecule has 0 radical (unpaired) electrons. The molecule has 1 aliphatic carbocycles. The minimum Gasteiger partial charge on any atom is -0.359 e. The van der Waals surface area contributed by atoms with Gasteiger partial charge < -0.3 is 5.32 Å². The summed E-state index contributed by atoms with van der Waals surface area (Å²) in [7, 11) is 0. The van der Waals surface area contributed by atoms with Crippen molar-refractivity contribution in [3.8, 4) is 0 Å². The maximum absolute atomic E-state index is 4.61. The van der Waals surface area contributed by atoms with E-state index in [-0.39, 0.29) is 0 Å². The Morgan fingerprint density at radius 1 is 1.12 bits per heavy atom. The zero-order valence-electron chi connectivity index (χ0n) is 9.28. The minimum absolute atomic E-state index is 0.648. The van der Waals surface area contributed by atoms with E-state index in [1.165, 1.54) is 36.8 Å². The second-order valence-electron chi connectivity index (χ2n) is 4.47. The largest absolute Gasteiger partial charge is 0.359 e. The third kappa shape index (κ3) is 2.05. The summed E-state index contributed by atoms with van der Waals surface area (Å²) in [5, 5.41) is 4.67. The van der Waals surface area contributed by atoms with Gasteiger partial charge in [0.15, 0.2) is 5.13 Å². The average Bonchev–Trinajstić information content (AvgIpc) is 2.72. The Labute approximate surface area is 99.7 Å². The van der Waals surface area contributed by atoms with Crippen molar-refractivity contribution in [1.29, 1.82) is 0 Å². The van der Waals surface area contributed by atoms with E-state index in [2.05, 4.69) is 28.5 Å². The van der Waals surface area contributed by atoms with Gasteiger partial charge >= 0.3 is 0 Å². The van der Waals surface area contributed by atoms with Crippen LogP contribution < -0.4 is 5.32 Å². The van der Waals surface area contributed by atoms with Gasteiger partial charge in [-0.1, -0.05) is 42.7 Å². The Bertz CT molecular complexity index is 438. The zero-order chi connectivity index (χ0) is 10.8. The standard InChI is InChI=1S/C13H16N2S/c1-2-6-10(7-3-1)14-13-15-11-8-4-5-9-12(11)16-13/h4-5,8-10H,1-3,6-7H2,(H,14,15)/i1+1,2+1,3+1,6+1,7+1,10+1. The van der Waals surface area contributed by atoms with E-state index in [0.29, 0.717) is 6.04 Å². The fraction of sp³-hybridized carbons (Fsp3) is 0.462. The highest BCUT2D eigenvalue weighted by Gasteiger charge is 2.14. The molecule has 1 saturated carbocycles. The first-order valence-corrected chi connectivity index (χ1v) is 6.85. The van der Waals surface area contributed by atoms with Gasteiger partial charge in [-0.05, 0) is 25.0 Å². The van der Waals surface area contributed by atoms with Crippen molar-refractivity contribution in [1.82, 2.24) is 4.98 Å². The predicted molar refractivity (Wildman–Crippen MR) is 70.1 cm³/mol. The monoisotopic (exact) mass is 238 g/mol. The van der Waals surface area contributed by atoms with Crippen LogP contribution in [0.2, 0.25) is 0 Å². The highest BCUT2D eigenvalue weighted by molar-refractivity contribution is 7.22. The quantitative estimate of drug-likeness (QED) is 0.799. The number of hydrogen-bond donors (Lipinski definition) is 1. The van der Waals surface area contributed by atoms with E-state index in [0.717, 1.165) is 10.6 Å². The van der Waals surface area contributed by atoms with Crippen LogP contribution in [0.3, 0.4) is 0 Å². The highest BCUT2D eigenvalue weighted by Crippen LogP contribution is 2.28. The molecule has 1 N–H and O–H groups in total. The molecule has 0 aliphatic heterocycles. The number of nitrogens with zero attached hydrogens (tertiary/aromatic N) is 1. The number of hydrogen-bond acceptors (Lipinski definition) is 3. The summed E-state index contributed by atoms with van der Waals surface area (Å²) in [6, 6.07) is 8.99. The molecule has 0 bridgehead atoms. The van der Waals surface area contributed by atoms with Gasteiger partial charge in [0.1, 0.15) is 0 Å². The lowest BCUT2D eigenvalue weighted by atomic mass is 10.3. The van der Waals surface area contributed by atoms with Gasteiger partial charge in [0.05, 0.1) is 10.2 Å². The molecule has 1 aromatic heterocycles. The first-order chi connectivity index (χ1) is 7.92. The van der Waals surface area contributed by atoms with Crippen molar-refractivity contribution >= 4 is 26.7 Å². The van der Waals surface area contributed by atoms with E-state index < -0.39 is 0 Å². The molecule has 1 heterocycles. The SMILES string of the molecule is c1ccc2sc(N[13CH]3[13CH2][13CH2][13CH2][13CH2][13CH2]3)nc2c1. The van der Waals surface area contributed by atoms with Crippen molar-refractivity contribution in [3.63, 3.8) is 0 Å². The van der Waals surface area contributed by atoms with Crippen LogP contribution >= 0.6 is 11.3 Å². The molecular weight excluding hydrogens is 222 g/mol. The molecular formula is C13H16N2S. The molecule has 84 valence electrons. The van der Waals surface area contributed by atoms with Gasteiger partial charge in [-0.15, -0.1) is 0 Å². The fourth-order valence-corrected chi connectivity index (χ4v) is 3.30. The van der Waals surface area contributed by atoms with Gasteiger partial charge in [0.2, 0.25) is 0 Å². The number of benzene rings is 1. The van der Waals surface area contributed by atoms with Crippen LogP contribution in [-0.2, 0) is 0 Å². The molecule has 3 heteroatoms. The van der Waals surface area contributed by atoms with Crippen molar-refractivity contribution < 1.29 is 0 Å². The topological polar surface area (TPSA) is 24.9 Å². The number of fused-ring (bicyclic) bond motifs is 1. The maximum atomic E-state index is 4.61. The molecule has 1 aromatic carbocycles. The molecule has 3 rings (SSSR count). The first kappa shape index (κ1) is 10.1. The van der Waals surface area contributed by atoms with Crippen molar-refractivity contribution in [2.24, 2.45) is 0 Å². The molecule has 16 heavy (non-hydrogen) atoms. The van der Waals surface area contributed by atoms with Crippen LogP contribution in [0.5, 0.6) is 0 Å². The number of thiazole rings is 1. The van der Waals surface area contributed by atoms with Crippen LogP contribution in [0.15, 0.2) is 24.3 Å². The summed E-state index contributed by atoms with van der Waals surface area (Å²) >= 11 is 1.77. The number of rotatable bonds is 2. The number of aromatic nitrogens is 1. The number of para-hydroxylation sites is 1. The summed E-state index contributed by atoms with van der Waals surface area (Å²) in [5.41, 5.74) is 1.12. The summed E-state index contributed by atoms with van der Waals surface area (Å²) in [6.07, 6.45) is 6.73. The Morgan fingerprint density at radius 3 is 2.75 bits per heavy atom. The van der Waals surface area contributed by atoms with Crippen LogP contribution in [0, 0.1) is 0 Å². The molecule has 1 fully saturated rings. The van der Waals surface area contributed by atoms with Gasteiger partial charge in [-0.25, -0.2) is 4.98 Å². The number of anilines is 1. The van der Waals surface area contributed by atoms with E-state index >= 15 is 0 Å². The van der Waals surface area contributed by atoms with Gasteiger partial charge in [0, 0.05) is 6.04 Å². The summed E-state index contributed by atoms with van der Waals surface area (Å²) < 4.78 is 1.28. The van der Waals surface area contributed by atoms with Crippen LogP contribution in [0.1, 0.15) is 32.1 Å². The second-order valence-corrected chi connectivity index (χ2v) is 5.50. The summed E-state index contributed by atoms with van der Waals surface area (Å²) in [5.74, 6) is 0. The third-order valence-electron chi connectivity index (χ3n) is 3.23. The minimum atomic E-state index is 0.648. The molecule has 2 nitrogen and oxygen atoms in total. The van der Waals surface area contributed by atoms with Crippen LogP contribution in [0.4, 0.5) is 5.13 Å². The molecule has 0 unspecified atom stereocenters. The smallest absolute Gasteiger partial charge is 0.184 e. The maximum Gasteiger partial charge on any atom is 0.184 e. The molecule has 0 saturated heterocycles. The van der Waals surface area contributed by atoms with E-state index in [1.807, 2.05) is 6.07 Å². The average molecular weight is 238 g/mol. The predicted octanol–water partition coefficient (Wildman–Crippen LogP) is 4.04. The Hall–Kier alpha value is -1.09. The van der Waals surface area contributed by atoms with Crippen molar-refractivity contribution in [3.05, 3.63) is 24.3 Å². The lowest BCUT2D eigenvalue weighted by molar-refractivity contribution is 0.462. The van der Waals surface area contributed by atoms with Gasteiger partial charge in [-0.3, -0.25) is 0 Å². The lowest BCUT2D eigenvalue weighted by Gasteiger charge is -2.22. The Kier molecular flexibility index (Phi) is 2.79.